The van der Waals surface area contributed by atoms with Gasteiger partial charge in [-0.3, -0.25) is 5.32 Å². The SMILES string of the molecule is CC(C)CCN(C(=O)Nc1sccc1C(=O)O)C1CC1. The Labute approximate surface area is 122 Å². The lowest BCUT2D eigenvalue weighted by Gasteiger charge is -2.23. The minimum Gasteiger partial charge on any atom is -0.478 e. The van der Waals surface area contributed by atoms with Gasteiger partial charge >= 0.3 is 12.0 Å². The maximum atomic E-state index is 12.3. The monoisotopic (exact) mass is 296 g/mol. The number of thiophene rings is 1. The normalized spacial score (nSPS) is 14.3. The molecule has 0 saturated heterocycles. The second-order valence-corrected chi connectivity index (χ2v) is 6.42. The maximum absolute atomic E-state index is 12.3. The molecule has 110 valence electrons. The Morgan fingerprint density at radius 2 is 2.20 bits per heavy atom. The topological polar surface area (TPSA) is 69.6 Å². The van der Waals surface area contributed by atoms with Crippen molar-refractivity contribution in [3.05, 3.63) is 17.0 Å². The van der Waals surface area contributed by atoms with Crippen LogP contribution in [0.5, 0.6) is 0 Å². The van der Waals surface area contributed by atoms with Crippen molar-refractivity contribution < 1.29 is 14.7 Å². The predicted molar refractivity (Wildman–Crippen MR) is 79.5 cm³/mol. The molecule has 1 aromatic rings. The summed E-state index contributed by atoms with van der Waals surface area (Å²) in [5.41, 5.74) is 0.156. The summed E-state index contributed by atoms with van der Waals surface area (Å²) in [5, 5.41) is 13.9. The standard InChI is InChI=1S/C14H20N2O3S/c1-9(2)5-7-16(10-3-4-10)14(19)15-12-11(13(17)18)6-8-20-12/h6,8-10H,3-5,7H2,1-2H3,(H,15,19)(H,17,18). The second kappa shape index (κ2) is 6.26. The zero-order valence-electron chi connectivity index (χ0n) is 11.8. The minimum atomic E-state index is -1.01. The van der Waals surface area contributed by atoms with Crippen molar-refractivity contribution in [2.45, 2.75) is 39.2 Å². The molecular weight excluding hydrogens is 276 g/mol. The van der Waals surface area contributed by atoms with Crippen LogP contribution >= 0.6 is 11.3 Å². The molecule has 1 fully saturated rings. The van der Waals surface area contributed by atoms with Gasteiger partial charge in [-0.15, -0.1) is 11.3 Å². The van der Waals surface area contributed by atoms with Gasteiger partial charge in [0.05, 0.1) is 5.56 Å². The van der Waals surface area contributed by atoms with Gasteiger partial charge < -0.3 is 10.0 Å². The lowest BCUT2D eigenvalue weighted by atomic mass is 10.1. The first kappa shape index (κ1) is 14.8. The third kappa shape index (κ3) is 3.72. The average Bonchev–Trinajstić information content (AvgIpc) is 3.08. The summed E-state index contributed by atoms with van der Waals surface area (Å²) in [6, 6.07) is 1.65. The molecule has 1 saturated carbocycles. The van der Waals surface area contributed by atoms with Crippen LogP contribution in [0.1, 0.15) is 43.5 Å². The minimum absolute atomic E-state index is 0.156. The first-order valence-electron chi connectivity index (χ1n) is 6.87. The average molecular weight is 296 g/mol. The number of rotatable bonds is 6. The van der Waals surface area contributed by atoms with Crippen molar-refractivity contribution >= 4 is 28.3 Å². The van der Waals surface area contributed by atoms with Gasteiger partial charge in [-0.25, -0.2) is 9.59 Å². The fraction of sp³-hybridized carbons (Fsp3) is 0.571. The molecule has 1 aliphatic rings. The molecule has 6 heteroatoms. The molecule has 0 aliphatic heterocycles. The molecule has 2 rings (SSSR count). The van der Waals surface area contributed by atoms with E-state index in [0.717, 1.165) is 25.8 Å². The van der Waals surface area contributed by atoms with E-state index >= 15 is 0 Å². The third-order valence-corrected chi connectivity index (χ3v) is 4.14. The summed E-state index contributed by atoms with van der Waals surface area (Å²) in [4.78, 5) is 25.2. The van der Waals surface area contributed by atoms with Crippen LogP contribution in [-0.4, -0.2) is 34.6 Å². The Bertz CT molecular complexity index is 494. The van der Waals surface area contributed by atoms with Gasteiger partial charge in [0, 0.05) is 12.6 Å². The predicted octanol–water partition coefficient (Wildman–Crippen LogP) is 3.49. The molecule has 0 spiro atoms. The van der Waals surface area contributed by atoms with Crippen molar-refractivity contribution in [3.8, 4) is 0 Å². The van der Waals surface area contributed by atoms with Gasteiger partial charge in [0.25, 0.3) is 0 Å². The molecule has 1 aromatic heterocycles. The number of carboxylic acid groups (broad SMARTS) is 1. The Morgan fingerprint density at radius 1 is 1.50 bits per heavy atom. The number of nitrogens with zero attached hydrogens (tertiary/aromatic N) is 1. The van der Waals surface area contributed by atoms with Crippen molar-refractivity contribution in [2.24, 2.45) is 5.92 Å². The second-order valence-electron chi connectivity index (χ2n) is 5.51. The summed E-state index contributed by atoms with van der Waals surface area (Å²) in [5.74, 6) is -0.470. The number of aromatic carboxylic acids is 1. The molecule has 0 atom stereocenters. The largest absolute Gasteiger partial charge is 0.478 e. The van der Waals surface area contributed by atoms with Gasteiger partial charge in [0.2, 0.25) is 0 Å². The number of nitrogens with one attached hydrogen (secondary N) is 1. The van der Waals surface area contributed by atoms with E-state index < -0.39 is 5.97 Å². The fourth-order valence-corrected chi connectivity index (χ4v) is 2.75. The van der Waals surface area contributed by atoms with Crippen LogP contribution < -0.4 is 5.32 Å². The lowest BCUT2D eigenvalue weighted by molar-refractivity contribution is 0.0698. The summed E-state index contributed by atoms with van der Waals surface area (Å²) < 4.78 is 0. The van der Waals surface area contributed by atoms with Gasteiger partial charge in [0.1, 0.15) is 5.00 Å². The highest BCUT2D eigenvalue weighted by molar-refractivity contribution is 7.14. The van der Waals surface area contributed by atoms with E-state index in [4.69, 9.17) is 5.11 Å². The van der Waals surface area contributed by atoms with Gasteiger partial charge in [-0.2, -0.15) is 0 Å². The van der Waals surface area contributed by atoms with Gasteiger partial charge in [0.15, 0.2) is 0 Å². The summed E-state index contributed by atoms with van der Waals surface area (Å²) >= 11 is 1.24. The van der Waals surface area contributed by atoms with E-state index in [-0.39, 0.29) is 11.6 Å². The molecule has 5 nitrogen and oxygen atoms in total. The lowest BCUT2D eigenvalue weighted by Crippen LogP contribution is -2.38. The van der Waals surface area contributed by atoms with Gasteiger partial charge in [-0.05, 0) is 36.6 Å². The van der Waals surface area contributed by atoms with Crippen LogP contribution in [0.4, 0.5) is 9.80 Å². The fourth-order valence-electron chi connectivity index (χ4n) is 1.98. The molecule has 0 aromatic carbocycles. The van der Waals surface area contributed by atoms with E-state index in [0.29, 0.717) is 17.0 Å². The Kier molecular flexibility index (Phi) is 4.65. The quantitative estimate of drug-likeness (QED) is 0.844. The number of carboxylic acids is 1. The molecule has 1 heterocycles. The van der Waals surface area contributed by atoms with Crippen LogP contribution in [0.15, 0.2) is 11.4 Å². The first-order valence-corrected chi connectivity index (χ1v) is 7.75. The van der Waals surface area contributed by atoms with Crippen molar-refractivity contribution in [2.75, 3.05) is 11.9 Å². The number of carbonyl (C=O) groups is 2. The number of hydrogen-bond acceptors (Lipinski definition) is 3. The van der Waals surface area contributed by atoms with Crippen LogP contribution in [0, 0.1) is 5.92 Å². The number of carbonyl (C=O) groups excluding carboxylic acids is 1. The summed E-state index contributed by atoms with van der Waals surface area (Å²) in [6.07, 6.45) is 3.05. The Hall–Kier alpha value is -1.56. The molecule has 0 bridgehead atoms. The number of amides is 2. The zero-order chi connectivity index (χ0) is 14.7. The molecule has 0 unspecified atom stereocenters. The molecule has 2 N–H and O–H groups in total. The van der Waals surface area contributed by atoms with Gasteiger partial charge in [-0.1, -0.05) is 13.8 Å². The van der Waals surface area contributed by atoms with Crippen LogP contribution in [0.2, 0.25) is 0 Å². The molecule has 1 aliphatic carbocycles. The van der Waals surface area contributed by atoms with Crippen molar-refractivity contribution in [1.29, 1.82) is 0 Å². The van der Waals surface area contributed by atoms with Crippen molar-refractivity contribution in [1.82, 2.24) is 4.90 Å². The molecule has 2 amide bonds. The van der Waals surface area contributed by atoms with E-state index in [1.807, 2.05) is 4.90 Å². The maximum Gasteiger partial charge on any atom is 0.338 e. The highest BCUT2D eigenvalue weighted by Gasteiger charge is 2.32. The summed E-state index contributed by atoms with van der Waals surface area (Å²) in [7, 11) is 0. The number of anilines is 1. The highest BCUT2D eigenvalue weighted by Crippen LogP contribution is 2.29. The number of hydrogen-bond donors (Lipinski definition) is 2. The van der Waals surface area contributed by atoms with Crippen molar-refractivity contribution in [3.63, 3.8) is 0 Å². The van der Waals surface area contributed by atoms with E-state index in [2.05, 4.69) is 19.2 Å². The summed E-state index contributed by atoms with van der Waals surface area (Å²) in [6.45, 7) is 4.98. The van der Waals surface area contributed by atoms with E-state index in [1.165, 1.54) is 17.4 Å². The van der Waals surface area contributed by atoms with E-state index in [1.54, 1.807) is 5.38 Å². The molecule has 20 heavy (non-hydrogen) atoms. The van der Waals surface area contributed by atoms with Crippen LogP contribution in [0.3, 0.4) is 0 Å². The Morgan fingerprint density at radius 3 is 2.75 bits per heavy atom. The first-order chi connectivity index (χ1) is 9.49. The smallest absolute Gasteiger partial charge is 0.338 e. The Balaban J connectivity index is 2.01. The van der Waals surface area contributed by atoms with Crippen LogP contribution in [-0.2, 0) is 0 Å². The van der Waals surface area contributed by atoms with E-state index in [9.17, 15) is 9.59 Å². The highest BCUT2D eigenvalue weighted by atomic mass is 32.1. The zero-order valence-corrected chi connectivity index (χ0v) is 12.6. The molecular formula is C14H20N2O3S. The van der Waals surface area contributed by atoms with Crippen LogP contribution in [0.25, 0.3) is 0 Å². The molecule has 0 radical (unpaired) electrons. The number of urea groups is 1. The third-order valence-electron chi connectivity index (χ3n) is 3.31.